The van der Waals surface area contributed by atoms with E-state index in [1.165, 1.54) is 24.4 Å². The first-order chi connectivity index (χ1) is 12.5. The van der Waals surface area contributed by atoms with Crippen molar-refractivity contribution in [3.63, 3.8) is 0 Å². The first-order valence-corrected chi connectivity index (χ1v) is 8.47. The van der Waals surface area contributed by atoms with Gasteiger partial charge in [-0.05, 0) is 35.9 Å². The van der Waals surface area contributed by atoms with E-state index in [4.69, 9.17) is 23.2 Å². The van der Waals surface area contributed by atoms with Gasteiger partial charge in [0.05, 0.1) is 16.3 Å². The second kappa shape index (κ2) is 8.17. The van der Waals surface area contributed by atoms with Gasteiger partial charge >= 0.3 is 0 Å². The maximum absolute atomic E-state index is 13.2. The molecule has 1 aromatic heterocycles. The lowest BCUT2D eigenvalue weighted by atomic mass is 10.2. The van der Waals surface area contributed by atoms with Crippen LogP contribution in [0.15, 0.2) is 60.9 Å². The highest BCUT2D eigenvalue weighted by atomic mass is 35.5. The Kier molecular flexibility index (Phi) is 5.71. The molecule has 26 heavy (non-hydrogen) atoms. The van der Waals surface area contributed by atoms with Crippen molar-refractivity contribution in [3.05, 3.63) is 87.9 Å². The summed E-state index contributed by atoms with van der Waals surface area (Å²) in [6.07, 6.45) is 3.06. The van der Waals surface area contributed by atoms with Crippen LogP contribution in [0.5, 0.6) is 0 Å². The fraction of sp³-hybridized carbons (Fsp3) is 0.0526. The number of nitrogens with zero attached hydrogens (tertiary/aromatic N) is 1. The Morgan fingerprint density at radius 2 is 1.81 bits per heavy atom. The highest BCUT2D eigenvalue weighted by Gasteiger charge is 2.09. The molecule has 1 amide bonds. The van der Waals surface area contributed by atoms with Crippen molar-refractivity contribution in [2.45, 2.75) is 6.54 Å². The molecule has 3 aromatic rings. The number of carbonyl (C=O) groups excluding carboxylic acids is 1. The minimum atomic E-state index is -0.544. The van der Waals surface area contributed by atoms with Crippen molar-refractivity contribution in [2.24, 2.45) is 0 Å². The number of anilines is 2. The normalized spacial score (nSPS) is 10.4. The third-order valence-corrected chi connectivity index (χ3v) is 4.28. The first kappa shape index (κ1) is 18.2. The van der Waals surface area contributed by atoms with Crippen molar-refractivity contribution >= 4 is 40.5 Å². The molecule has 4 nitrogen and oxygen atoms in total. The van der Waals surface area contributed by atoms with Crippen LogP contribution in [0.25, 0.3) is 0 Å². The molecule has 0 aliphatic rings. The fourth-order valence-electron chi connectivity index (χ4n) is 2.28. The summed E-state index contributed by atoms with van der Waals surface area (Å²) in [5.74, 6) is -0.918. The molecule has 0 bridgehead atoms. The fourth-order valence-corrected chi connectivity index (χ4v) is 2.66. The molecular weight excluding hydrogens is 376 g/mol. The van der Waals surface area contributed by atoms with Gasteiger partial charge in [0.1, 0.15) is 5.82 Å². The summed E-state index contributed by atoms with van der Waals surface area (Å²) >= 11 is 11.9. The highest BCUT2D eigenvalue weighted by molar-refractivity contribution is 6.31. The summed E-state index contributed by atoms with van der Waals surface area (Å²) in [6, 6.07) is 13.1. The van der Waals surface area contributed by atoms with Gasteiger partial charge in [-0.15, -0.1) is 0 Å². The van der Waals surface area contributed by atoms with E-state index in [2.05, 4.69) is 15.6 Å². The van der Waals surface area contributed by atoms with Crippen molar-refractivity contribution in [2.75, 3.05) is 10.6 Å². The highest BCUT2D eigenvalue weighted by Crippen LogP contribution is 2.21. The predicted molar refractivity (Wildman–Crippen MR) is 102 cm³/mol. The summed E-state index contributed by atoms with van der Waals surface area (Å²) in [5.41, 5.74) is 2.37. The van der Waals surface area contributed by atoms with E-state index in [0.29, 0.717) is 28.5 Å². The maximum atomic E-state index is 13.2. The Bertz CT molecular complexity index is 950. The second-order valence-corrected chi connectivity index (χ2v) is 6.30. The Morgan fingerprint density at radius 3 is 2.58 bits per heavy atom. The van der Waals surface area contributed by atoms with Crippen LogP contribution in [0.4, 0.5) is 15.8 Å². The molecule has 0 fully saturated rings. The van der Waals surface area contributed by atoms with Crippen molar-refractivity contribution in [1.82, 2.24) is 4.98 Å². The van der Waals surface area contributed by atoms with Crippen LogP contribution in [-0.2, 0) is 6.54 Å². The molecule has 2 N–H and O–H groups in total. The molecule has 0 saturated carbocycles. The van der Waals surface area contributed by atoms with E-state index in [0.717, 1.165) is 5.56 Å². The van der Waals surface area contributed by atoms with Crippen LogP contribution in [0, 0.1) is 5.82 Å². The minimum absolute atomic E-state index is 0.0592. The summed E-state index contributed by atoms with van der Waals surface area (Å²) in [4.78, 5) is 16.4. The number of aromatic nitrogens is 1. The zero-order chi connectivity index (χ0) is 18.5. The van der Waals surface area contributed by atoms with E-state index in [-0.39, 0.29) is 10.9 Å². The van der Waals surface area contributed by atoms with Gasteiger partial charge in [0, 0.05) is 29.6 Å². The van der Waals surface area contributed by atoms with E-state index >= 15 is 0 Å². The van der Waals surface area contributed by atoms with Gasteiger partial charge in [-0.3, -0.25) is 9.78 Å². The zero-order valence-corrected chi connectivity index (χ0v) is 15.0. The SMILES string of the molecule is O=C(Nc1ccc(F)c(Cl)c1)c1cncc(NCc2ccccc2Cl)c1. The monoisotopic (exact) mass is 389 g/mol. The van der Waals surface area contributed by atoms with Gasteiger partial charge in [0.2, 0.25) is 0 Å². The Morgan fingerprint density at radius 1 is 1.00 bits per heavy atom. The van der Waals surface area contributed by atoms with E-state index in [9.17, 15) is 9.18 Å². The number of hydrogen-bond acceptors (Lipinski definition) is 3. The Hall–Kier alpha value is -2.63. The molecule has 0 unspecified atom stereocenters. The number of nitrogens with one attached hydrogen (secondary N) is 2. The summed E-state index contributed by atoms with van der Waals surface area (Å²) in [6.45, 7) is 0.500. The van der Waals surface area contributed by atoms with Crippen LogP contribution in [0.1, 0.15) is 15.9 Å². The number of pyridine rings is 1. The number of amides is 1. The quantitative estimate of drug-likeness (QED) is 0.614. The number of hydrogen-bond donors (Lipinski definition) is 2. The largest absolute Gasteiger partial charge is 0.380 e. The van der Waals surface area contributed by atoms with Crippen molar-refractivity contribution < 1.29 is 9.18 Å². The van der Waals surface area contributed by atoms with Crippen LogP contribution in [0.2, 0.25) is 10.0 Å². The Labute approximate surface area is 160 Å². The van der Waals surface area contributed by atoms with Gasteiger partial charge < -0.3 is 10.6 Å². The van der Waals surface area contributed by atoms with Gasteiger partial charge in [0.15, 0.2) is 0 Å². The molecule has 1 heterocycles. The lowest BCUT2D eigenvalue weighted by molar-refractivity contribution is 0.102. The average Bonchev–Trinajstić information content (AvgIpc) is 2.64. The molecule has 0 atom stereocenters. The standard InChI is InChI=1S/C19H14Cl2FN3O/c20-16-4-2-1-3-12(16)10-24-15-7-13(9-23-11-15)19(26)25-14-5-6-18(22)17(21)8-14/h1-9,11,24H,10H2,(H,25,26). The molecule has 3 rings (SSSR count). The molecule has 0 spiro atoms. The lowest BCUT2D eigenvalue weighted by Crippen LogP contribution is -2.13. The van der Waals surface area contributed by atoms with E-state index in [1.54, 1.807) is 12.3 Å². The number of benzene rings is 2. The lowest BCUT2D eigenvalue weighted by Gasteiger charge is -2.10. The van der Waals surface area contributed by atoms with E-state index < -0.39 is 5.82 Å². The smallest absolute Gasteiger partial charge is 0.257 e. The van der Waals surface area contributed by atoms with Gasteiger partial charge in [-0.1, -0.05) is 41.4 Å². The van der Waals surface area contributed by atoms with Crippen molar-refractivity contribution in [1.29, 1.82) is 0 Å². The van der Waals surface area contributed by atoms with Crippen LogP contribution >= 0.6 is 23.2 Å². The molecule has 0 radical (unpaired) electrons. The van der Waals surface area contributed by atoms with Gasteiger partial charge in [-0.2, -0.15) is 0 Å². The molecule has 7 heteroatoms. The summed E-state index contributed by atoms with van der Waals surface area (Å²) < 4.78 is 13.2. The summed E-state index contributed by atoms with van der Waals surface area (Å²) in [7, 11) is 0. The molecule has 0 aliphatic heterocycles. The minimum Gasteiger partial charge on any atom is -0.380 e. The van der Waals surface area contributed by atoms with Crippen molar-refractivity contribution in [3.8, 4) is 0 Å². The number of carbonyl (C=O) groups is 1. The maximum Gasteiger partial charge on any atom is 0.257 e. The predicted octanol–water partition coefficient (Wildman–Crippen LogP) is 5.39. The number of rotatable bonds is 5. The van der Waals surface area contributed by atoms with Gasteiger partial charge in [0.25, 0.3) is 5.91 Å². The van der Waals surface area contributed by atoms with Gasteiger partial charge in [-0.25, -0.2) is 4.39 Å². The van der Waals surface area contributed by atoms with Crippen LogP contribution < -0.4 is 10.6 Å². The zero-order valence-electron chi connectivity index (χ0n) is 13.5. The third kappa shape index (κ3) is 4.50. The van der Waals surface area contributed by atoms with Crippen LogP contribution in [-0.4, -0.2) is 10.9 Å². The summed E-state index contributed by atoms with van der Waals surface area (Å²) in [5, 5.41) is 6.44. The Balaban J connectivity index is 1.69. The van der Waals surface area contributed by atoms with E-state index in [1.807, 2.05) is 24.3 Å². The molecule has 132 valence electrons. The average molecular weight is 390 g/mol. The molecule has 0 saturated heterocycles. The second-order valence-electron chi connectivity index (χ2n) is 5.49. The molecule has 2 aromatic carbocycles. The van der Waals surface area contributed by atoms with Crippen LogP contribution in [0.3, 0.4) is 0 Å². The molecular formula is C19H14Cl2FN3O. The molecule has 0 aliphatic carbocycles. The first-order valence-electron chi connectivity index (χ1n) is 7.71. The third-order valence-electron chi connectivity index (χ3n) is 3.62. The topological polar surface area (TPSA) is 54.0 Å². The number of halogens is 3.